The fourth-order valence-electron chi connectivity index (χ4n) is 0.340. The average Bonchev–Trinajstić information content (AvgIpc) is 1.89. The normalized spacial score (nSPS) is 13.8. The molecule has 9 heavy (non-hydrogen) atoms. The summed E-state index contributed by atoms with van der Waals surface area (Å²) in [6.45, 7) is 1.95. The summed E-state index contributed by atoms with van der Waals surface area (Å²) in [7, 11) is 1.66. The molecule has 0 aliphatic rings. The molecule has 0 atom stereocenters. The van der Waals surface area contributed by atoms with Crippen molar-refractivity contribution >= 4 is 5.84 Å². The van der Waals surface area contributed by atoms with Gasteiger partial charge in [0.1, 0.15) is 5.84 Å². The molecule has 0 aromatic carbocycles. The van der Waals surface area contributed by atoms with Crippen molar-refractivity contribution in [3.8, 4) is 0 Å². The van der Waals surface area contributed by atoms with E-state index in [1.165, 1.54) is 0 Å². The van der Waals surface area contributed by atoms with Crippen LogP contribution in [0.2, 0.25) is 0 Å². The van der Waals surface area contributed by atoms with Crippen molar-refractivity contribution in [1.82, 2.24) is 0 Å². The highest BCUT2D eigenvalue weighted by molar-refractivity contribution is 5.91. The lowest BCUT2D eigenvalue weighted by Crippen LogP contribution is -2.06. The van der Waals surface area contributed by atoms with E-state index in [1.807, 2.05) is 25.2 Å². The van der Waals surface area contributed by atoms with Crippen LogP contribution in [0, 0.1) is 0 Å². The Balaban J connectivity index is 3.71. The molecule has 2 N–H and O–H groups in total. The third-order valence-electron chi connectivity index (χ3n) is 0.829. The van der Waals surface area contributed by atoms with Gasteiger partial charge in [0, 0.05) is 7.05 Å². The SMILES string of the molecule is C/C=C\C=C/C(N)=NC. The number of rotatable bonds is 2. The molecule has 2 nitrogen and oxygen atoms in total. The largest absolute Gasteiger partial charge is 0.384 e. The molecule has 0 aliphatic heterocycles. The quantitative estimate of drug-likeness (QED) is 0.334. The number of nitrogens with zero attached hydrogens (tertiary/aromatic N) is 1. The molecule has 0 bridgehead atoms. The Morgan fingerprint density at radius 3 is 2.56 bits per heavy atom. The van der Waals surface area contributed by atoms with Crippen LogP contribution in [0.3, 0.4) is 0 Å². The Hall–Kier alpha value is -1.05. The summed E-state index contributed by atoms with van der Waals surface area (Å²) in [4.78, 5) is 3.73. The summed E-state index contributed by atoms with van der Waals surface area (Å²) in [6, 6.07) is 0. The van der Waals surface area contributed by atoms with Gasteiger partial charge >= 0.3 is 0 Å². The lowest BCUT2D eigenvalue weighted by atomic mass is 10.4. The zero-order valence-corrected chi connectivity index (χ0v) is 5.83. The van der Waals surface area contributed by atoms with Crippen molar-refractivity contribution in [2.24, 2.45) is 10.7 Å². The molecular weight excluding hydrogens is 112 g/mol. The minimum atomic E-state index is 0.549. The molecule has 0 rings (SSSR count). The maximum absolute atomic E-state index is 5.34. The monoisotopic (exact) mass is 124 g/mol. The standard InChI is InChI=1S/C7H12N2/c1-3-4-5-6-7(8)9-2/h3-6H,1-2H3,(H2,8,9)/b4-3-,6-5-. The van der Waals surface area contributed by atoms with Crippen LogP contribution in [0.5, 0.6) is 0 Å². The molecular formula is C7H12N2. The molecule has 0 unspecified atom stereocenters. The van der Waals surface area contributed by atoms with Crippen molar-refractivity contribution in [1.29, 1.82) is 0 Å². The van der Waals surface area contributed by atoms with E-state index in [0.29, 0.717) is 5.84 Å². The van der Waals surface area contributed by atoms with Gasteiger partial charge in [-0.2, -0.15) is 0 Å². The molecule has 2 heteroatoms. The summed E-state index contributed by atoms with van der Waals surface area (Å²) >= 11 is 0. The summed E-state index contributed by atoms with van der Waals surface area (Å²) in [5.74, 6) is 0.549. The summed E-state index contributed by atoms with van der Waals surface area (Å²) < 4.78 is 0. The van der Waals surface area contributed by atoms with E-state index in [-0.39, 0.29) is 0 Å². The van der Waals surface area contributed by atoms with Crippen LogP contribution >= 0.6 is 0 Å². The van der Waals surface area contributed by atoms with Crippen LogP contribution in [0.25, 0.3) is 0 Å². The number of amidine groups is 1. The lowest BCUT2D eigenvalue weighted by molar-refractivity contribution is 1.41. The first-order valence-electron chi connectivity index (χ1n) is 2.83. The van der Waals surface area contributed by atoms with Gasteiger partial charge in [0.25, 0.3) is 0 Å². The first kappa shape index (κ1) is 7.95. The summed E-state index contributed by atoms with van der Waals surface area (Å²) in [6.07, 6.45) is 7.43. The van der Waals surface area contributed by atoms with Gasteiger partial charge in [-0.15, -0.1) is 0 Å². The number of allylic oxidation sites excluding steroid dienone is 3. The fraction of sp³-hybridized carbons (Fsp3) is 0.286. The van der Waals surface area contributed by atoms with Crippen molar-refractivity contribution in [3.63, 3.8) is 0 Å². The summed E-state index contributed by atoms with van der Waals surface area (Å²) in [5.41, 5.74) is 5.34. The Bertz CT molecular complexity index is 143. The number of nitrogens with two attached hydrogens (primary N) is 1. The second kappa shape index (κ2) is 5.09. The van der Waals surface area contributed by atoms with Crippen LogP contribution in [-0.2, 0) is 0 Å². The first-order valence-corrected chi connectivity index (χ1v) is 2.83. The van der Waals surface area contributed by atoms with Gasteiger partial charge in [0.2, 0.25) is 0 Å². The van der Waals surface area contributed by atoms with E-state index in [9.17, 15) is 0 Å². The maximum atomic E-state index is 5.34. The minimum Gasteiger partial charge on any atom is -0.384 e. The third-order valence-corrected chi connectivity index (χ3v) is 0.829. The zero-order valence-electron chi connectivity index (χ0n) is 5.83. The molecule has 0 spiro atoms. The van der Waals surface area contributed by atoms with Crippen LogP contribution < -0.4 is 5.73 Å². The summed E-state index contributed by atoms with van der Waals surface area (Å²) in [5, 5.41) is 0. The molecule has 0 saturated heterocycles. The number of hydrogen-bond acceptors (Lipinski definition) is 1. The van der Waals surface area contributed by atoms with Crippen molar-refractivity contribution in [2.75, 3.05) is 7.05 Å². The average molecular weight is 124 g/mol. The molecule has 0 radical (unpaired) electrons. The molecule has 0 aromatic rings. The fourth-order valence-corrected chi connectivity index (χ4v) is 0.340. The van der Waals surface area contributed by atoms with Gasteiger partial charge in [-0.1, -0.05) is 18.2 Å². The molecule has 0 fully saturated rings. The molecule has 0 saturated carbocycles. The molecule has 0 aliphatic carbocycles. The predicted octanol–water partition coefficient (Wildman–Crippen LogP) is 1.11. The highest BCUT2D eigenvalue weighted by Gasteiger charge is 1.73. The van der Waals surface area contributed by atoms with Crippen molar-refractivity contribution in [3.05, 3.63) is 24.3 Å². The zero-order chi connectivity index (χ0) is 7.11. The van der Waals surface area contributed by atoms with E-state index in [0.717, 1.165) is 0 Å². The van der Waals surface area contributed by atoms with Crippen molar-refractivity contribution < 1.29 is 0 Å². The van der Waals surface area contributed by atoms with Crippen LogP contribution in [0.4, 0.5) is 0 Å². The van der Waals surface area contributed by atoms with Gasteiger partial charge in [-0.25, -0.2) is 0 Å². The topological polar surface area (TPSA) is 38.4 Å². The Kier molecular flexibility index (Phi) is 4.50. The van der Waals surface area contributed by atoms with Gasteiger partial charge < -0.3 is 5.73 Å². The predicted molar refractivity (Wildman–Crippen MR) is 41.5 cm³/mol. The van der Waals surface area contributed by atoms with E-state index >= 15 is 0 Å². The number of aliphatic imine (C=N–C) groups is 1. The minimum absolute atomic E-state index is 0.549. The maximum Gasteiger partial charge on any atom is 0.117 e. The van der Waals surface area contributed by atoms with Crippen LogP contribution in [0.1, 0.15) is 6.92 Å². The lowest BCUT2D eigenvalue weighted by Gasteiger charge is -1.83. The third kappa shape index (κ3) is 4.81. The van der Waals surface area contributed by atoms with Gasteiger partial charge in [-0.05, 0) is 13.0 Å². The van der Waals surface area contributed by atoms with Crippen LogP contribution in [-0.4, -0.2) is 12.9 Å². The Morgan fingerprint density at radius 1 is 1.44 bits per heavy atom. The van der Waals surface area contributed by atoms with Gasteiger partial charge in [-0.3, -0.25) is 4.99 Å². The van der Waals surface area contributed by atoms with E-state index < -0.39 is 0 Å². The molecule has 50 valence electrons. The second-order valence-electron chi connectivity index (χ2n) is 1.53. The van der Waals surface area contributed by atoms with Crippen LogP contribution in [0.15, 0.2) is 29.3 Å². The molecule has 0 heterocycles. The van der Waals surface area contributed by atoms with E-state index in [4.69, 9.17) is 5.73 Å². The molecule has 0 amide bonds. The molecule has 0 aromatic heterocycles. The Labute approximate surface area is 55.8 Å². The second-order valence-corrected chi connectivity index (χ2v) is 1.53. The van der Waals surface area contributed by atoms with Gasteiger partial charge in [0.05, 0.1) is 0 Å². The smallest absolute Gasteiger partial charge is 0.117 e. The van der Waals surface area contributed by atoms with E-state index in [2.05, 4.69) is 4.99 Å². The van der Waals surface area contributed by atoms with Crippen molar-refractivity contribution in [2.45, 2.75) is 6.92 Å². The number of hydrogen-bond donors (Lipinski definition) is 1. The highest BCUT2D eigenvalue weighted by Crippen LogP contribution is 1.75. The highest BCUT2D eigenvalue weighted by atomic mass is 14.8. The Morgan fingerprint density at radius 2 is 2.11 bits per heavy atom. The van der Waals surface area contributed by atoms with Gasteiger partial charge in [0.15, 0.2) is 0 Å². The first-order chi connectivity index (χ1) is 4.31. The van der Waals surface area contributed by atoms with E-state index in [1.54, 1.807) is 13.1 Å².